The smallest absolute Gasteiger partial charge is 0.326 e. The summed E-state index contributed by atoms with van der Waals surface area (Å²) in [6.45, 7) is 5.01. The number of guanidine groups is 1. The van der Waals surface area contributed by atoms with Crippen LogP contribution in [0.15, 0.2) is 59.7 Å². The number of carbonyl (C=O) groups excluding carboxylic acids is 12. The third-order valence-corrected chi connectivity index (χ3v) is 15.3. The summed E-state index contributed by atoms with van der Waals surface area (Å²) in [6.07, 6.45) is -4.07. The van der Waals surface area contributed by atoms with Gasteiger partial charge in [0.25, 0.3) is 0 Å². The highest BCUT2D eigenvalue weighted by Crippen LogP contribution is 2.21. The minimum Gasteiger partial charge on any atom is -0.508 e. The monoisotopic (exact) mass is 1410 g/mol. The minimum absolute atomic E-state index is 0.0209. The van der Waals surface area contributed by atoms with Gasteiger partial charge in [0, 0.05) is 42.9 Å². The van der Waals surface area contributed by atoms with Crippen LogP contribution >= 0.6 is 0 Å². The van der Waals surface area contributed by atoms with Gasteiger partial charge >= 0.3 is 17.9 Å². The zero-order valence-electron chi connectivity index (χ0n) is 55.7. The first kappa shape index (κ1) is 83.2. The number of H-pyrrole nitrogens is 1. The standard InChI is InChI=1S/C62H91N17O21/c1-6-30(4)50(78-56(94)40(21-32-13-15-34(82)16-14-32)74-55(93)42(23-48(86)87)71-47(85)27-69-52(90)37(70-46(84)25-63)12-9-19-67-62(65)66)59(97)76-41(22-33-26-68-36-11-8-7-10-35(33)36)54(92)77-44(28-80)58(96)73-39(20-29(2)3)53(91)75-43(24-49(88)89)57(95)79-51(31(5)81)60(98)72-38(61(99)100)17-18-45(64)83/h7-8,10-11,13-16,26,29-31,37-44,50-51,68,80-82H,6,9,12,17-25,27-28,63H2,1-5H3,(H2,64,83)(H,69,90)(H,70,84)(H,71,85)(H,72,98)(H,73,96)(H,74,93)(H,75,91)(H,76,97)(H,77,92)(H,78,94)(H,79,95)(H,86,87)(H,88,89)(H,99,100)(H4,65,66,67)/t30?,31?,37-,38-,39-,40-,41-,42-,43-,44-,50-,51-/m0/s1. The molecule has 0 radical (unpaired) electrons. The van der Waals surface area contributed by atoms with Gasteiger partial charge in [-0.1, -0.05) is 64.4 Å². The van der Waals surface area contributed by atoms with E-state index in [-0.39, 0.29) is 50.4 Å². The molecule has 38 nitrogen and oxygen atoms in total. The van der Waals surface area contributed by atoms with Crippen molar-refractivity contribution in [2.45, 2.75) is 165 Å². The molecule has 0 aliphatic rings. The zero-order chi connectivity index (χ0) is 75.1. The van der Waals surface area contributed by atoms with Gasteiger partial charge in [-0.25, -0.2) is 4.79 Å². The lowest BCUT2D eigenvalue weighted by molar-refractivity contribution is -0.144. The molecule has 0 bridgehead atoms. The first-order chi connectivity index (χ1) is 47.1. The lowest BCUT2D eigenvalue weighted by atomic mass is 9.96. The molecule has 3 aromatic rings. The minimum atomic E-state index is -2.04. The number of primary amides is 1. The molecule has 0 saturated carbocycles. The third kappa shape index (κ3) is 28.6. The molecular formula is C62H91N17O21. The quantitative estimate of drug-likeness (QED) is 0.0142. The fourth-order valence-electron chi connectivity index (χ4n) is 9.80. The number of aromatic nitrogens is 1. The molecule has 38 heteroatoms. The number of carboxylic acid groups (broad SMARTS) is 3. The Balaban J connectivity index is 1.97. The van der Waals surface area contributed by atoms with Crippen LogP contribution in [-0.4, -0.2) is 223 Å². The second-order valence-corrected chi connectivity index (χ2v) is 23.9. The number of hydrogen-bond donors (Lipinski definition) is 22. The summed E-state index contributed by atoms with van der Waals surface area (Å²) in [5, 5.41) is 86.6. The topological polar surface area (TPSA) is 642 Å². The maximum Gasteiger partial charge on any atom is 0.326 e. The number of aliphatic carboxylic acids is 3. The van der Waals surface area contributed by atoms with Crippen LogP contribution in [0, 0.1) is 11.8 Å². The van der Waals surface area contributed by atoms with Crippen molar-refractivity contribution in [1.29, 1.82) is 0 Å². The molecular weight excluding hydrogens is 1320 g/mol. The Morgan fingerprint density at radius 2 is 1.05 bits per heavy atom. The number of aliphatic hydroxyl groups excluding tert-OH is 2. The maximum atomic E-state index is 14.8. The number of phenols is 1. The fourth-order valence-corrected chi connectivity index (χ4v) is 9.80. The highest BCUT2D eigenvalue weighted by molar-refractivity contribution is 6.00. The van der Waals surface area contributed by atoms with Crippen molar-refractivity contribution in [2.24, 2.45) is 39.8 Å². The number of para-hydroxylation sites is 1. The molecule has 2 unspecified atom stereocenters. The SMILES string of the molecule is CCC(C)[C@H](NC(=O)[C@H](Cc1ccc(O)cc1)NC(=O)[C@H](CC(=O)O)NC(=O)CNC(=O)[C@H](CCCN=C(N)N)NC(=O)CN)C(=O)N[C@@H](Cc1c[nH]c2ccccc12)C(=O)N[C@@H](CO)C(=O)N[C@@H](CC(C)C)C(=O)N[C@@H](CC(=O)O)C(=O)N[C@H](C(=O)N[C@@H](CCC(N)=O)C(=O)O)C(C)O. The fraction of sp³-hybridized carbons (Fsp3) is 0.516. The number of carbonyl (C=O) groups is 15. The van der Waals surface area contributed by atoms with Gasteiger partial charge in [-0.3, -0.25) is 72.1 Å². The molecule has 2 aromatic carbocycles. The highest BCUT2D eigenvalue weighted by atomic mass is 16.4. The van der Waals surface area contributed by atoms with Crippen LogP contribution in [0.4, 0.5) is 0 Å². The van der Waals surface area contributed by atoms with Crippen molar-refractivity contribution in [1.82, 2.24) is 63.5 Å². The largest absolute Gasteiger partial charge is 0.508 e. The summed E-state index contributed by atoms with van der Waals surface area (Å²) in [5.41, 5.74) is 22.6. The Kier molecular flexibility index (Phi) is 34.3. The molecule has 0 spiro atoms. The zero-order valence-corrected chi connectivity index (χ0v) is 55.7. The number of benzene rings is 2. The molecule has 0 saturated heterocycles. The van der Waals surface area contributed by atoms with E-state index < -0.39 is 219 Å². The van der Waals surface area contributed by atoms with E-state index in [4.69, 9.17) is 22.9 Å². The summed E-state index contributed by atoms with van der Waals surface area (Å²) in [5.74, 6) is -19.6. The molecule has 1 heterocycles. The summed E-state index contributed by atoms with van der Waals surface area (Å²) in [4.78, 5) is 206. The van der Waals surface area contributed by atoms with E-state index >= 15 is 0 Å². The molecule has 26 N–H and O–H groups in total. The van der Waals surface area contributed by atoms with Crippen molar-refractivity contribution in [2.75, 3.05) is 26.2 Å². The molecule has 12 atom stereocenters. The van der Waals surface area contributed by atoms with Crippen LogP contribution in [0.2, 0.25) is 0 Å². The van der Waals surface area contributed by atoms with Gasteiger partial charge in [0.2, 0.25) is 70.9 Å². The van der Waals surface area contributed by atoms with Crippen molar-refractivity contribution in [3.8, 4) is 5.75 Å². The van der Waals surface area contributed by atoms with E-state index in [1.54, 1.807) is 52.0 Å². The van der Waals surface area contributed by atoms with Crippen molar-refractivity contribution >= 4 is 106 Å². The number of aliphatic hydroxyl groups is 2. The predicted octanol–water partition coefficient (Wildman–Crippen LogP) is -6.60. The average Bonchev–Trinajstić information content (AvgIpc) is 1.80. The summed E-state index contributed by atoms with van der Waals surface area (Å²) < 4.78 is 0. The molecule has 0 aliphatic carbocycles. The van der Waals surface area contributed by atoms with Gasteiger partial charge in [-0.05, 0) is 73.8 Å². The van der Waals surface area contributed by atoms with E-state index in [9.17, 15) is 103 Å². The summed E-state index contributed by atoms with van der Waals surface area (Å²) >= 11 is 0. The number of nitrogens with two attached hydrogens (primary N) is 4. The first-order valence-corrected chi connectivity index (χ1v) is 31.7. The number of rotatable bonds is 44. The van der Waals surface area contributed by atoms with Crippen molar-refractivity contribution < 1.29 is 103 Å². The number of aromatic amines is 1. The van der Waals surface area contributed by atoms with E-state index in [2.05, 4.69) is 63.1 Å². The second-order valence-electron chi connectivity index (χ2n) is 23.9. The van der Waals surface area contributed by atoms with Crippen LogP contribution < -0.4 is 81.4 Å². The Labute approximate surface area is 572 Å². The lowest BCUT2D eigenvalue weighted by Crippen LogP contribution is -2.62. The predicted molar refractivity (Wildman–Crippen MR) is 353 cm³/mol. The van der Waals surface area contributed by atoms with Gasteiger partial charge in [-0.15, -0.1) is 0 Å². The number of nitrogens with zero attached hydrogens (tertiary/aromatic N) is 1. The van der Waals surface area contributed by atoms with Crippen molar-refractivity contribution in [3.63, 3.8) is 0 Å². The lowest BCUT2D eigenvalue weighted by Gasteiger charge is -2.30. The number of nitrogens with one attached hydrogen (secondary N) is 12. The van der Waals surface area contributed by atoms with E-state index in [0.717, 1.165) is 6.92 Å². The van der Waals surface area contributed by atoms with Crippen LogP contribution in [0.25, 0.3) is 10.9 Å². The molecule has 100 heavy (non-hydrogen) atoms. The molecule has 1 aromatic heterocycles. The number of fused-ring (bicyclic) bond motifs is 1. The molecule has 550 valence electrons. The molecule has 0 aliphatic heterocycles. The van der Waals surface area contributed by atoms with Gasteiger partial charge in [0.05, 0.1) is 38.6 Å². The van der Waals surface area contributed by atoms with Crippen LogP contribution in [0.3, 0.4) is 0 Å². The number of aromatic hydroxyl groups is 1. The normalized spacial score (nSPS) is 14.7. The molecule has 12 amide bonds. The van der Waals surface area contributed by atoms with Crippen LogP contribution in [-0.2, 0) is 84.8 Å². The van der Waals surface area contributed by atoms with E-state index in [0.29, 0.717) is 22.0 Å². The number of amides is 12. The van der Waals surface area contributed by atoms with Crippen LogP contribution in [0.5, 0.6) is 5.75 Å². The van der Waals surface area contributed by atoms with Crippen LogP contribution in [0.1, 0.15) is 97.1 Å². The van der Waals surface area contributed by atoms with Gasteiger partial charge in [0.1, 0.15) is 66.2 Å². The number of hydrogen-bond acceptors (Lipinski definition) is 20. The number of aliphatic imine (C=N–C) groups is 1. The number of carboxylic acids is 3. The molecule has 0 fully saturated rings. The van der Waals surface area contributed by atoms with E-state index in [1.807, 2.05) is 5.32 Å². The van der Waals surface area contributed by atoms with Crippen molar-refractivity contribution in [3.05, 3.63) is 65.9 Å². The number of phenolic OH excluding ortho intramolecular Hbond substituents is 1. The Bertz CT molecular complexity index is 3410. The Morgan fingerprint density at radius 3 is 1.62 bits per heavy atom. The van der Waals surface area contributed by atoms with Gasteiger partial charge in [-0.2, -0.15) is 0 Å². The summed E-state index contributed by atoms with van der Waals surface area (Å²) in [6, 6.07) is -5.33. The first-order valence-electron chi connectivity index (χ1n) is 31.7. The van der Waals surface area contributed by atoms with E-state index in [1.165, 1.54) is 30.5 Å². The van der Waals surface area contributed by atoms with Gasteiger partial charge < -0.3 is 117 Å². The third-order valence-electron chi connectivity index (χ3n) is 15.3. The maximum absolute atomic E-state index is 14.8. The average molecular weight is 1410 g/mol. The highest BCUT2D eigenvalue weighted by Gasteiger charge is 2.39. The van der Waals surface area contributed by atoms with Gasteiger partial charge in [0.15, 0.2) is 5.96 Å². The Hall–Kier alpha value is -11.0. The Morgan fingerprint density at radius 1 is 0.550 bits per heavy atom. The second kappa shape index (κ2) is 41.3. The summed E-state index contributed by atoms with van der Waals surface area (Å²) in [7, 11) is 0. The molecule has 3 rings (SSSR count).